The van der Waals surface area contributed by atoms with Crippen LogP contribution in [0.4, 0.5) is 0 Å². The maximum atomic E-state index is 14.9. The zero-order chi connectivity index (χ0) is 35.1. The summed E-state index contributed by atoms with van der Waals surface area (Å²) in [5, 5.41) is 19.1. The second-order valence-electron chi connectivity index (χ2n) is 11.1. The Labute approximate surface area is 278 Å². The van der Waals surface area contributed by atoms with E-state index < -0.39 is 48.8 Å². The van der Waals surface area contributed by atoms with E-state index in [-0.39, 0.29) is 44.3 Å². The predicted octanol–water partition coefficient (Wildman–Crippen LogP) is 2.37. The summed E-state index contributed by atoms with van der Waals surface area (Å²) in [6.07, 6.45) is 0.848. The largest absolute Gasteiger partial charge is 0.480 e. The van der Waals surface area contributed by atoms with Crippen molar-refractivity contribution in [3.8, 4) is 0 Å². The fraction of sp³-hybridized carbons (Fsp3) is 0.314. The van der Waals surface area contributed by atoms with Crippen molar-refractivity contribution < 1.29 is 38.9 Å². The Morgan fingerprint density at radius 3 is 1.77 bits per heavy atom. The van der Waals surface area contributed by atoms with Crippen LogP contribution in [-0.2, 0) is 41.7 Å². The molecule has 13 heteroatoms. The number of ether oxygens (including phenoxy) is 1. The van der Waals surface area contributed by atoms with Gasteiger partial charge in [0.25, 0.3) is 0 Å². The van der Waals surface area contributed by atoms with Crippen LogP contribution in [0.5, 0.6) is 0 Å². The molecule has 0 aliphatic rings. The zero-order valence-electron chi connectivity index (χ0n) is 26.7. The molecule has 6 N–H and O–H groups in total. The van der Waals surface area contributed by atoms with E-state index in [1.54, 1.807) is 60.7 Å². The molecule has 13 nitrogen and oxygen atoms in total. The Bertz CT molecular complexity index is 1510. The Balaban J connectivity index is 2.14. The molecule has 0 radical (unpaired) electrons. The van der Waals surface area contributed by atoms with Crippen molar-refractivity contribution in [2.24, 2.45) is 16.5 Å². The van der Waals surface area contributed by atoms with Crippen LogP contribution in [-0.4, -0.2) is 88.5 Å². The molecule has 0 aromatic heterocycles. The van der Waals surface area contributed by atoms with Gasteiger partial charge in [0.05, 0.1) is 13.0 Å². The minimum Gasteiger partial charge on any atom is -0.480 e. The number of guanidine groups is 1. The summed E-state index contributed by atoms with van der Waals surface area (Å²) in [6, 6.07) is 24.0. The summed E-state index contributed by atoms with van der Waals surface area (Å²) in [6.45, 7) is -1.72. The Hall–Kier alpha value is -5.72. The number of aryl methyl sites for hydroxylation is 1. The minimum atomic E-state index is -1.41. The van der Waals surface area contributed by atoms with E-state index >= 15 is 0 Å². The fourth-order valence-electron chi connectivity index (χ4n) is 5.29. The van der Waals surface area contributed by atoms with E-state index in [1.165, 1.54) is 12.0 Å². The first kappa shape index (κ1) is 36.7. The number of amides is 2. The van der Waals surface area contributed by atoms with Gasteiger partial charge < -0.3 is 36.2 Å². The van der Waals surface area contributed by atoms with Crippen LogP contribution in [0.2, 0.25) is 0 Å². The van der Waals surface area contributed by atoms with Gasteiger partial charge in [-0.3, -0.25) is 29.0 Å². The average molecular weight is 660 g/mol. The average Bonchev–Trinajstić information content (AvgIpc) is 3.07. The van der Waals surface area contributed by atoms with Crippen LogP contribution in [0, 0.1) is 0 Å². The third kappa shape index (κ3) is 11.3. The molecule has 0 fully saturated rings. The number of hydrogen-bond acceptors (Lipinski definition) is 7. The van der Waals surface area contributed by atoms with Gasteiger partial charge in [-0.2, -0.15) is 0 Å². The van der Waals surface area contributed by atoms with Crippen molar-refractivity contribution in [1.82, 2.24) is 9.80 Å². The van der Waals surface area contributed by atoms with Gasteiger partial charge in [-0.15, -0.1) is 0 Å². The molecular formula is C35H41N5O8. The Kier molecular flexibility index (Phi) is 14.1. The second kappa shape index (κ2) is 18.4. The van der Waals surface area contributed by atoms with E-state index in [2.05, 4.69) is 4.99 Å². The summed E-state index contributed by atoms with van der Waals surface area (Å²) in [4.78, 5) is 70.3. The molecule has 2 amide bonds. The number of nitrogens with two attached hydrogens (primary N) is 2. The number of benzene rings is 3. The number of carboxylic acid groups (broad SMARTS) is 2. The predicted molar refractivity (Wildman–Crippen MR) is 178 cm³/mol. The number of carbonyl (C=O) groups excluding carboxylic acids is 3. The number of aliphatic imine (C=N–C) groups is 1. The molecular weight excluding hydrogens is 618 g/mol. The number of aliphatic carboxylic acids is 2. The quantitative estimate of drug-likeness (QED) is 0.0679. The van der Waals surface area contributed by atoms with Gasteiger partial charge in [0, 0.05) is 19.5 Å². The normalized spacial score (nSPS) is 11.3. The van der Waals surface area contributed by atoms with Crippen LogP contribution in [0.1, 0.15) is 47.4 Å². The first-order valence-electron chi connectivity index (χ1n) is 15.3. The molecule has 0 saturated heterocycles. The number of nitrogens with zero attached hydrogens (tertiary/aromatic N) is 3. The van der Waals surface area contributed by atoms with Crippen LogP contribution >= 0.6 is 0 Å². The lowest BCUT2D eigenvalue weighted by Crippen LogP contribution is -2.53. The Morgan fingerprint density at radius 1 is 0.771 bits per heavy atom. The van der Waals surface area contributed by atoms with Gasteiger partial charge in [0.15, 0.2) is 5.96 Å². The lowest BCUT2D eigenvalue weighted by molar-refractivity contribution is -0.154. The molecule has 0 aliphatic carbocycles. The number of methoxy groups -OCH3 is 1. The van der Waals surface area contributed by atoms with Gasteiger partial charge in [-0.05, 0) is 41.5 Å². The highest BCUT2D eigenvalue weighted by Crippen LogP contribution is 2.30. The molecule has 3 rings (SSSR count). The lowest BCUT2D eigenvalue weighted by Gasteiger charge is -2.36. The molecule has 3 aromatic carbocycles. The van der Waals surface area contributed by atoms with Crippen molar-refractivity contribution >= 4 is 35.7 Å². The number of esters is 1. The molecule has 0 saturated carbocycles. The monoisotopic (exact) mass is 659 g/mol. The molecule has 254 valence electrons. The summed E-state index contributed by atoms with van der Waals surface area (Å²) in [7, 11) is 1.32. The molecule has 48 heavy (non-hydrogen) atoms. The fourth-order valence-corrected chi connectivity index (χ4v) is 5.29. The van der Waals surface area contributed by atoms with Crippen molar-refractivity contribution in [1.29, 1.82) is 0 Å². The van der Waals surface area contributed by atoms with Crippen LogP contribution in [0.3, 0.4) is 0 Å². The van der Waals surface area contributed by atoms with Gasteiger partial charge in [0.1, 0.15) is 19.1 Å². The highest BCUT2D eigenvalue weighted by atomic mass is 16.5. The van der Waals surface area contributed by atoms with Gasteiger partial charge in [0.2, 0.25) is 11.8 Å². The van der Waals surface area contributed by atoms with Gasteiger partial charge in [-0.25, -0.2) is 0 Å². The second-order valence-corrected chi connectivity index (χ2v) is 11.1. The number of hydrogen-bond donors (Lipinski definition) is 4. The minimum absolute atomic E-state index is 0.00457. The molecule has 1 atom stereocenters. The standard InChI is InChI=1S/C35H41N5O8/c1-48-31(45)19-18-24-14-16-25(17-15-24)21-40(34(47)32(26-9-4-2-5-10-26)27-11-6-3-7-12-27)28(13-8-20-38-35(36)37)33(46)39(22-29(41)42)23-30(43)44/h2-7,9-12,14-17,28,32H,8,13,18-23H2,1H3,(H,41,42)(H,43,44)(H4,36,37,38)/t28-/m1/s1. The van der Waals surface area contributed by atoms with Crippen LogP contribution in [0.25, 0.3) is 0 Å². The molecule has 0 spiro atoms. The van der Waals surface area contributed by atoms with E-state index in [0.717, 1.165) is 5.56 Å². The summed E-state index contributed by atoms with van der Waals surface area (Å²) >= 11 is 0. The van der Waals surface area contributed by atoms with Crippen LogP contribution in [0.15, 0.2) is 89.9 Å². The smallest absolute Gasteiger partial charge is 0.323 e. The number of rotatable bonds is 18. The first-order valence-corrected chi connectivity index (χ1v) is 15.3. The van der Waals surface area contributed by atoms with Gasteiger partial charge in [-0.1, -0.05) is 84.9 Å². The summed E-state index contributed by atoms with van der Waals surface area (Å²) in [5.74, 6) is -5.47. The number of carboxylic acids is 2. The van der Waals surface area contributed by atoms with Crippen molar-refractivity contribution in [3.05, 3.63) is 107 Å². The molecule has 0 bridgehead atoms. The van der Waals surface area contributed by atoms with Crippen molar-refractivity contribution in [2.75, 3.05) is 26.7 Å². The maximum Gasteiger partial charge on any atom is 0.323 e. The SMILES string of the molecule is COC(=O)CCc1ccc(CN(C(=O)C(c2ccccc2)c2ccccc2)[C@H](CCCN=C(N)N)C(=O)N(CC(=O)O)CC(=O)O)cc1. The first-order chi connectivity index (χ1) is 23.0. The third-order valence-corrected chi connectivity index (χ3v) is 7.57. The highest BCUT2D eigenvalue weighted by Gasteiger charge is 2.38. The summed E-state index contributed by atoms with van der Waals surface area (Å²) in [5.41, 5.74) is 13.8. The highest BCUT2D eigenvalue weighted by molar-refractivity contribution is 5.94. The summed E-state index contributed by atoms with van der Waals surface area (Å²) < 4.78 is 4.72. The maximum absolute atomic E-state index is 14.9. The van der Waals surface area contributed by atoms with E-state index in [4.69, 9.17) is 16.2 Å². The molecule has 0 unspecified atom stereocenters. The topological polar surface area (TPSA) is 206 Å². The van der Waals surface area contributed by atoms with E-state index in [0.29, 0.717) is 28.0 Å². The number of carbonyl (C=O) groups is 5. The van der Waals surface area contributed by atoms with Gasteiger partial charge >= 0.3 is 17.9 Å². The van der Waals surface area contributed by atoms with E-state index in [1.807, 2.05) is 24.3 Å². The zero-order valence-corrected chi connectivity index (χ0v) is 26.7. The van der Waals surface area contributed by atoms with E-state index in [9.17, 15) is 34.2 Å². The molecule has 0 heterocycles. The molecule has 0 aliphatic heterocycles. The van der Waals surface area contributed by atoms with Crippen LogP contribution < -0.4 is 11.5 Å². The Morgan fingerprint density at radius 2 is 1.29 bits per heavy atom. The third-order valence-electron chi connectivity index (χ3n) is 7.57. The lowest BCUT2D eigenvalue weighted by atomic mass is 9.89. The van der Waals surface area contributed by atoms with Crippen molar-refractivity contribution in [2.45, 2.75) is 44.2 Å². The van der Waals surface area contributed by atoms with Crippen molar-refractivity contribution in [3.63, 3.8) is 0 Å². The molecule has 3 aromatic rings.